The van der Waals surface area contributed by atoms with Crippen molar-refractivity contribution in [2.75, 3.05) is 5.73 Å². The number of aryl methyl sites for hydroxylation is 1. The van der Waals surface area contributed by atoms with Gasteiger partial charge in [-0.3, -0.25) is 4.79 Å². The molecule has 0 saturated heterocycles. The molecule has 23 heavy (non-hydrogen) atoms. The maximum Gasteiger partial charge on any atom is 0.170 e. The monoisotopic (exact) mass is 309 g/mol. The molecule has 0 bridgehead atoms. The first kappa shape index (κ1) is 15.6. The van der Waals surface area contributed by atoms with E-state index in [1.165, 1.54) is 5.56 Å². The van der Waals surface area contributed by atoms with Gasteiger partial charge in [-0.2, -0.15) is 0 Å². The minimum absolute atomic E-state index is 0.0894. The maximum atomic E-state index is 12.5. The molecule has 3 rings (SSSR count). The molecule has 120 valence electrons. The smallest absolute Gasteiger partial charge is 0.170 e. The van der Waals surface area contributed by atoms with E-state index in [2.05, 4.69) is 32.9 Å². The highest BCUT2D eigenvalue weighted by atomic mass is 16.5. The molecule has 1 aliphatic rings. The van der Waals surface area contributed by atoms with Crippen molar-refractivity contribution in [3.05, 3.63) is 58.7 Å². The van der Waals surface area contributed by atoms with Gasteiger partial charge >= 0.3 is 0 Å². The largest absolute Gasteiger partial charge is 0.482 e. The van der Waals surface area contributed by atoms with E-state index < -0.39 is 0 Å². The molecule has 1 atom stereocenters. The second-order valence-electron chi connectivity index (χ2n) is 7.34. The van der Waals surface area contributed by atoms with Crippen molar-refractivity contribution in [2.24, 2.45) is 0 Å². The standard InChI is InChI=1S/C20H23NO2/c1-12-9-15-17(22)11-18(23-19(15)16(21)10-12)13-5-7-14(8-6-13)20(2,3)4/h5-10,18H,11,21H2,1-4H3. The molecular formula is C20H23NO2. The highest BCUT2D eigenvalue weighted by Crippen LogP contribution is 2.39. The van der Waals surface area contributed by atoms with Gasteiger partial charge in [-0.25, -0.2) is 0 Å². The van der Waals surface area contributed by atoms with Crippen molar-refractivity contribution in [1.29, 1.82) is 0 Å². The van der Waals surface area contributed by atoms with Gasteiger partial charge in [0, 0.05) is 0 Å². The van der Waals surface area contributed by atoms with Crippen molar-refractivity contribution in [2.45, 2.75) is 45.6 Å². The summed E-state index contributed by atoms with van der Waals surface area (Å²) in [5.74, 6) is 0.614. The number of carbonyl (C=O) groups excluding carboxylic acids is 1. The quantitative estimate of drug-likeness (QED) is 0.784. The van der Waals surface area contributed by atoms with Crippen molar-refractivity contribution >= 4 is 11.5 Å². The number of nitrogens with two attached hydrogens (primary N) is 1. The summed E-state index contributed by atoms with van der Waals surface area (Å²) in [6.07, 6.45) is 0.0825. The number of carbonyl (C=O) groups is 1. The van der Waals surface area contributed by atoms with Crippen molar-refractivity contribution in [3.8, 4) is 5.75 Å². The van der Waals surface area contributed by atoms with Crippen molar-refractivity contribution in [3.63, 3.8) is 0 Å². The van der Waals surface area contributed by atoms with Crippen LogP contribution in [0.3, 0.4) is 0 Å². The van der Waals surface area contributed by atoms with Gasteiger partial charge in [0.15, 0.2) is 11.5 Å². The highest BCUT2D eigenvalue weighted by molar-refractivity contribution is 6.01. The molecule has 0 saturated carbocycles. The second kappa shape index (κ2) is 5.41. The molecule has 1 aliphatic heterocycles. The highest BCUT2D eigenvalue weighted by Gasteiger charge is 2.29. The van der Waals surface area contributed by atoms with Crippen LogP contribution >= 0.6 is 0 Å². The molecule has 2 N–H and O–H groups in total. The molecule has 2 aromatic rings. The number of ether oxygens (including phenoxy) is 1. The zero-order valence-corrected chi connectivity index (χ0v) is 14.1. The molecule has 1 unspecified atom stereocenters. The number of anilines is 1. The number of benzene rings is 2. The first-order chi connectivity index (χ1) is 10.8. The Balaban J connectivity index is 1.93. The van der Waals surface area contributed by atoms with Crippen LogP contribution in [0.5, 0.6) is 5.75 Å². The Bertz CT molecular complexity index is 754. The van der Waals surface area contributed by atoms with Gasteiger partial charge in [0.25, 0.3) is 0 Å². The number of Topliss-reactive ketones (excluding diaryl/α,β-unsaturated/α-hetero) is 1. The zero-order valence-electron chi connectivity index (χ0n) is 14.1. The fourth-order valence-electron chi connectivity index (χ4n) is 2.99. The number of fused-ring (bicyclic) bond motifs is 1. The molecule has 0 spiro atoms. The lowest BCUT2D eigenvalue weighted by molar-refractivity contribution is 0.0851. The molecule has 0 radical (unpaired) electrons. The fourth-order valence-corrected chi connectivity index (χ4v) is 2.99. The molecule has 0 aromatic heterocycles. The lowest BCUT2D eigenvalue weighted by Gasteiger charge is -2.27. The Morgan fingerprint density at radius 3 is 2.39 bits per heavy atom. The average Bonchev–Trinajstić information content (AvgIpc) is 2.47. The first-order valence-electron chi connectivity index (χ1n) is 7.96. The summed E-state index contributed by atoms with van der Waals surface area (Å²) >= 11 is 0. The van der Waals surface area contributed by atoms with Crippen LogP contribution in [0, 0.1) is 6.92 Å². The van der Waals surface area contributed by atoms with Crippen molar-refractivity contribution in [1.82, 2.24) is 0 Å². The van der Waals surface area contributed by atoms with Gasteiger partial charge in [-0.05, 0) is 41.2 Å². The number of nitrogen functional groups attached to an aromatic ring is 1. The van der Waals surface area contributed by atoms with Gasteiger partial charge < -0.3 is 10.5 Å². The van der Waals surface area contributed by atoms with Crippen LogP contribution in [0.1, 0.15) is 60.3 Å². The Kier molecular flexibility index (Phi) is 3.67. The molecule has 0 fully saturated rings. The third-order valence-electron chi connectivity index (χ3n) is 4.34. The molecule has 1 heterocycles. The van der Waals surface area contributed by atoms with Crippen LogP contribution in [0.15, 0.2) is 36.4 Å². The molecule has 3 heteroatoms. The first-order valence-corrected chi connectivity index (χ1v) is 7.96. The SMILES string of the molecule is Cc1cc(N)c2c(c1)C(=O)CC(c1ccc(C(C)(C)C)cc1)O2. The molecular weight excluding hydrogens is 286 g/mol. The van der Waals surface area contributed by atoms with Crippen LogP contribution in [-0.2, 0) is 5.41 Å². The van der Waals surface area contributed by atoms with Crippen molar-refractivity contribution < 1.29 is 9.53 Å². The predicted molar refractivity (Wildman–Crippen MR) is 93.0 cm³/mol. The summed E-state index contributed by atoms with van der Waals surface area (Å²) in [7, 11) is 0. The van der Waals surface area contributed by atoms with E-state index in [4.69, 9.17) is 10.5 Å². The summed E-state index contributed by atoms with van der Waals surface area (Å²) in [5.41, 5.74) is 10.5. The normalized spacial score (nSPS) is 17.6. The fraction of sp³-hybridized carbons (Fsp3) is 0.350. The van der Waals surface area contributed by atoms with Gasteiger partial charge in [-0.15, -0.1) is 0 Å². The Labute approximate surface area is 137 Å². The maximum absolute atomic E-state index is 12.5. The minimum atomic E-state index is -0.269. The molecule has 2 aromatic carbocycles. The van der Waals surface area contributed by atoms with Crippen LogP contribution in [-0.4, -0.2) is 5.78 Å². The predicted octanol–water partition coefficient (Wildman–Crippen LogP) is 4.58. The zero-order chi connectivity index (χ0) is 16.8. The third kappa shape index (κ3) is 2.96. The topological polar surface area (TPSA) is 52.3 Å². The minimum Gasteiger partial charge on any atom is -0.482 e. The average molecular weight is 309 g/mol. The molecule has 0 aliphatic carbocycles. The van der Waals surface area contributed by atoms with Crippen LogP contribution in [0.2, 0.25) is 0 Å². The number of rotatable bonds is 1. The van der Waals surface area contributed by atoms with Gasteiger partial charge in [0.05, 0.1) is 17.7 Å². The van der Waals surface area contributed by atoms with Gasteiger partial charge in [0.1, 0.15) is 6.10 Å². The Morgan fingerprint density at radius 2 is 1.78 bits per heavy atom. The molecule has 0 amide bonds. The van der Waals surface area contributed by atoms with E-state index in [9.17, 15) is 4.79 Å². The van der Waals surface area contributed by atoms with Crippen LogP contribution < -0.4 is 10.5 Å². The number of hydrogen-bond donors (Lipinski definition) is 1. The van der Waals surface area contributed by atoms with Crippen LogP contribution in [0.25, 0.3) is 0 Å². The molecule has 3 nitrogen and oxygen atoms in total. The second-order valence-corrected chi connectivity index (χ2v) is 7.34. The van der Waals surface area contributed by atoms with E-state index in [-0.39, 0.29) is 17.3 Å². The van der Waals surface area contributed by atoms with Crippen LogP contribution in [0.4, 0.5) is 5.69 Å². The summed E-state index contributed by atoms with van der Waals surface area (Å²) in [5, 5.41) is 0. The summed E-state index contributed by atoms with van der Waals surface area (Å²) in [4.78, 5) is 12.5. The van der Waals surface area contributed by atoms with E-state index in [0.717, 1.165) is 11.1 Å². The lowest BCUT2D eigenvalue weighted by atomic mass is 9.86. The summed E-state index contributed by atoms with van der Waals surface area (Å²) in [6.45, 7) is 8.48. The number of ketones is 1. The van der Waals surface area contributed by atoms with E-state index in [0.29, 0.717) is 23.4 Å². The third-order valence-corrected chi connectivity index (χ3v) is 4.34. The van der Waals surface area contributed by atoms with Gasteiger partial charge in [0.2, 0.25) is 0 Å². The van der Waals surface area contributed by atoms with E-state index in [1.54, 1.807) is 0 Å². The lowest BCUT2D eigenvalue weighted by Crippen LogP contribution is -2.21. The summed E-state index contributed by atoms with van der Waals surface area (Å²) in [6, 6.07) is 12.0. The van der Waals surface area contributed by atoms with E-state index in [1.807, 2.05) is 31.2 Å². The number of hydrogen-bond acceptors (Lipinski definition) is 3. The Morgan fingerprint density at radius 1 is 1.13 bits per heavy atom. The Hall–Kier alpha value is -2.29. The summed E-state index contributed by atoms with van der Waals surface area (Å²) < 4.78 is 6.05. The van der Waals surface area contributed by atoms with E-state index >= 15 is 0 Å². The van der Waals surface area contributed by atoms with Gasteiger partial charge in [-0.1, -0.05) is 45.0 Å².